The number of carbonyl (C=O) groups is 2. The summed E-state index contributed by atoms with van der Waals surface area (Å²) in [5.74, 6) is 0.366. The number of hydrogen-bond donors (Lipinski definition) is 2. The van der Waals surface area contributed by atoms with Crippen molar-refractivity contribution in [1.82, 2.24) is 0 Å². The number of hydrogen-bond acceptors (Lipinski definition) is 8. The Labute approximate surface area is 310 Å². The zero-order chi connectivity index (χ0) is 38.9. The number of esters is 2. The smallest absolute Gasteiger partial charge is 0.333 e. The molecule has 0 fully saturated rings. The number of ether oxygens (including phenoxy) is 4. The molecule has 0 aliphatic carbocycles. The van der Waals surface area contributed by atoms with Gasteiger partial charge in [0, 0.05) is 34.8 Å². The van der Waals surface area contributed by atoms with Crippen molar-refractivity contribution in [2.24, 2.45) is 0 Å². The van der Waals surface area contributed by atoms with Gasteiger partial charge < -0.3 is 29.2 Å². The van der Waals surface area contributed by atoms with Gasteiger partial charge >= 0.3 is 11.9 Å². The lowest BCUT2D eigenvalue weighted by Gasteiger charge is -2.32. The molecule has 0 saturated carbocycles. The molecule has 0 aromatic heterocycles. The largest absolute Gasteiger partial charge is 0.491 e. The van der Waals surface area contributed by atoms with Crippen LogP contribution in [0.4, 0.5) is 0 Å². The SMILES string of the molecule is C=C(C)C(=O)OCC(O)CC(C)(CC)Oc1ccc(C(C)(C)c2ccc(C(C)(C)c3ccc(OCC(O)CC(C)OC(=O)C(=C)C)cc3)cc2)cc1. The summed E-state index contributed by atoms with van der Waals surface area (Å²) in [5.41, 5.74) is 4.05. The minimum atomic E-state index is -0.860. The van der Waals surface area contributed by atoms with Crippen LogP contribution in [0.5, 0.6) is 11.5 Å². The van der Waals surface area contributed by atoms with Crippen molar-refractivity contribution in [3.63, 3.8) is 0 Å². The first-order valence-corrected chi connectivity index (χ1v) is 18.0. The highest BCUT2D eigenvalue weighted by molar-refractivity contribution is 5.87. The fourth-order valence-corrected chi connectivity index (χ4v) is 5.91. The number of aliphatic hydroxyl groups excluding tert-OH is 2. The Kier molecular flexibility index (Phi) is 14.5. The van der Waals surface area contributed by atoms with Crippen LogP contribution >= 0.6 is 0 Å². The van der Waals surface area contributed by atoms with Crippen LogP contribution in [-0.2, 0) is 29.9 Å². The topological polar surface area (TPSA) is 112 Å². The van der Waals surface area contributed by atoms with E-state index in [2.05, 4.69) is 77.3 Å². The second-order valence-electron chi connectivity index (χ2n) is 15.2. The summed E-state index contributed by atoms with van der Waals surface area (Å²) in [6, 6.07) is 24.7. The molecule has 0 spiro atoms. The molecule has 0 amide bonds. The Morgan fingerprint density at radius 3 is 1.52 bits per heavy atom. The second-order valence-corrected chi connectivity index (χ2v) is 15.2. The van der Waals surface area contributed by atoms with Gasteiger partial charge in [0.1, 0.15) is 36.4 Å². The predicted octanol–water partition coefficient (Wildman–Crippen LogP) is 8.39. The van der Waals surface area contributed by atoms with Crippen molar-refractivity contribution >= 4 is 11.9 Å². The van der Waals surface area contributed by atoms with Crippen LogP contribution < -0.4 is 9.47 Å². The Morgan fingerprint density at radius 1 is 0.673 bits per heavy atom. The molecule has 3 aromatic rings. The first-order chi connectivity index (χ1) is 24.3. The van der Waals surface area contributed by atoms with Crippen LogP contribution in [-0.4, -0.2) is 59.3 Å². The van der Waals surface area contributed by atoms with E-state index in [0.717, 1.165) is 11.1 Å². The van der Waals surface area contributed by atoms with Gasteiger partial charge in [0.2, 0.25) is 0 Å². The maximum Gasteiger partial charge on any atom is 0.333 e. The molecule has 4 atom stereocenters. The van der Waals surface area contributed by atoms with E-state index in [-0.39, 0.29) is 30.5 Å². The standard InChI is InChI=1S/C44H58O8/c1-12-44(11,26-37(46)28-50-40(47)29(2)3)52-39-23-19-35(20-24-39)43(9,10)33-15-13-32(14-16-33)42(7,8)34-17-21-38(22-18-34)49-27-36(45)25-31(6)51-41(48)30(4)5/h13-24,31,36-37,45-46H,2,4,12,25-28H2,1,3,5-11H3. The third-order valence-corrected chi connectivity index (χ3v) is 9.72. The number of rotatable bonds is 19. The van der Waals surface area contributed by atoms with E-state index in [1.165, 1.54) is 11.1 Å². The molecule has 0 aliphatic rings. The van der Waals surface area contributed by atoms with Crippen molar-refractivity contribution in [1.29, 1.82) is 0 Å². The average molecular weight is 715 g/mol. The van der Waals surface area contributed by atoms with Gasteiger partial charge in [-0.1, -0.05) is 96.3 Å². The summed E-state index contributed by atoms with van der Waals surface area (Å²) in [6.45, 7) is 24.8. The first kappa shape index (κ1) is 42.0. The number of carbonyl (C=O) groups excluding carboxylic acids is 2. The van der Waals surface area contributed by atoms with E-state index >= 15 is 0 Å². The zero-order valence-electron chi connectivity index (χ0n) is 32.5. The van der Waals surface area contributed by atoms with Crippen LogP contribution in [0.2, 0.25) is 0 Å². The lowest BCUT2D eigenvalue weighted by atomic mass is 9.74. The van der Waals surface area contributed by atoms with E-state index in [1.807, 2.05) is 50.2 Å². The van der Waals surface area contributed by atoms with Gasteiger partial charge in [0.05, 0.1) is 12.2 Å². The average Bonchev–Trinajstić information content (AvgIpc) is 3.09. The minimum Gasteiger partial charge on any atom is -0.491 e. The molecule has 2 N–H and O–H groups in total. The van der Waals surface area contributed by atoms with E-state index in [1.54, 1.807) is 20.8 Å². The second kappa shape index (κ2) is 17.9. The van der Waals surface area contributed by atoms with Crippen molar-refractivity contribution in [3.8, 4) is 11.5 Å². The molecular weight excluding hydrogens is 656 g/mol. The van der Waals surface area contributed by atoms with Gasteiger partial charge in [0.25, 0.3) is 0 Å². The van der Waals surface area contributed by atoms with E-state index in [4.69, 9.17) is 18.9 Å². The van der Waals surface area contributed by atoms with Crippen LogP contribution in [0.1, 0.15) is 104 Å². The van der Waals surface area contributed by atoms with Crippen molar-refractivity contribution in [2.45, 2.75) is 116 Å². The quantitative estimate of drug-likeness (QED) is 0.0941. The van der Waals surface area contributed by atoms with Gasteiger partial charge in [-0.25, -0.2) is 9.59 Å². The fraction of sp³-hybridized carbons (Fsp3) is 0.455. The number of aliphatic hydroxyl groups is 2. The predicted molar refractivity (Wildman–Crippen MR) is 206 cm³/mol. The first-order valence-electron chi connectivity index (χ1n) is 18.0. The summed E-state index contributed by atoms with van der Waals surface area (Å²) >= 11 is 0. The van der Waals surface area contributed by atoms with Crippen molar-refractivity contribution < 1.29 is 38.7 Å². The summed E-state index contributed by atoms with van der Waals surface area (Å²) in [5, 5.41) is 20.9. The molecule has 52 heavy (non-hydrogen) atoms. The van der Waals surface area contributed by atoms with E-state index in [9.17, 15) is 19.8 Å². The lowest BCUT2D eigenvalue weighted by Crippen LogP contribution is -2.37. The molecule has 0 bridgehead atoms. The van der Waals surface area contributed by atoms with Crippen LogP contribution in [0.15, 0.2) is 97.1 Å². The molecule has 8 heteroatoms. The van der Waals surface area contributed by atoms with Gasteiger partial charge in [0.15, 0.2) is 0 Å². The zero-order valence-corrected chi connectivity index (χ0v) is 32.5. The van der Waals surface area contributed by atoms with Gasteiger partial charge in [-0.15, -0.1) is 0 Å². The Morgan fingerprint density at radius 2 is 1.10 bits per heavy atom. The molecular formula is C44H58O8. The molecule has 8 nitrogen and oxygen atoms in total. The third-order valence-electron chi connectivity index (χ3n) is 9.72. The molecule has 0 heterocycles. The highest BCUT2D eigenvalue weighted by Crippen LogP contribution is 2.37. The van der Waals surface area contributed by atoms with Crippen LogP contribution in [0.25, 0.3) is 0 Å². The van der Waals surface area contributed by atoms with Crippen LogP contribution in [0, 0.1) is 0 Å². The summed E-state index contributed by atoms with van der Waals surface area (Å²) in [7, 11) is 0. The Bertz CT molecular complexity index is 1650. The molecule has 282 valence electrons. The van der Waals surface area contributed by atoms with E-state index < -0.39 is 35.9 Å². The van der Waals surface area contributed by atoms with Gasteiger partial charge in [-0.2, -0.15) is 0 Å². The minimum absolute atomic E-state index is 0.0866. The highest BCUT2D eigenvalue weighted by atomic mass is 16.5. The molecule has 3 rings (SSSR count). The monoisotopic (exact) mass is 714 g/mol. The van der Waals surface area contributed by atoms with Gasteiger partial charge in [-0.3, -0.25) is 0 Å². The van der Waals surface area contributed by atoms with Crippen molar-refractivity contribution in [3.05, 3.63) is 119 Å². The summed E-state index contributed by atoms with van der Waals surface area (Å²) in [4.78, 5) is 23.4. The molecule has 3 aromatic carbocycles. The summed E-state index contributed by atoms with van der Waals surface area (Å²) in [6.07, 6.45) is -0.865. The van der Waals surface area contributed by atoms with Crippen LogP contribution in [0.3, 0.4) is 0 Å². The van der Waals surface area contributed by atoms with E-state index in [0.29, 0.717) is 35.5 Å². The Balaban J connectivity index is 1.61. The highest BCUT2D eigenvalue weighted by Gasteiger charge is 2.30. The molecule has 0 saturated heterocycles. The van der Waals surface area contributed by atoms with Crippen molar-refractivity contribution in [2.75, 3.05) is 13.2 Å². The maximum atomic E-state index is 11.7. The third kappa shape index (κ3) is 11.6. The lowest BCUT2D eigenvalue weighted by molar-refractivity contribution is -0.145. The normalized spacial score (nSPS) is 14.7. The molecule has 0 radical (unpaired) electrons. The Hall–Kier alpha value is -4.40. The van der Waals surface area contributed by atoms with Gasteiger partial charge in [-0.05, 0) is 80.6 Å². The number of benzene rings is 3. The summed E-state index contributed by atoms with van der Waals surface area (Å²) < 4.78 is 22.5. The maximum absolute atomic E-state index is 11.7. The molecule has 4 unspecified atom stereocenters. The fourth-order valence-electron chi connectivity index (χ4n) is 5.91. The molecule has 0 aliphatic heterocycles.